The van der Waals surface area contributed by atoms with Gasteiger partial charge in [-0.15, -0.1) is 0 Å². The van der Waals surface area contributed by atoms with Gasteiger partial charge in [-0.2, -0.15) is 0 Å². The maximum atomic E-state index is 7.02. The number of methoxy groups -OCH3 is 2. The van der Waals surface area contributed by atoms with Gasteiger partial charge in [0.05, 0.1) is 36.6 Å². The van der Waals surface area contributed by atoms with E-state index < -0.39 is 0 Å². The largest absolute Gasteiger partial charge is 0.381 e. The third-order valence-corrected chi connectivity index (χ3v) is 13.0. The highest BCUT2D eigenvalue weighted by Crippen LogP contribution is 2.52. The Kier molecular flexibility index (Phi) is 11.2. The van der Waals surface area contributed by atoms with Crippen LogP contribution < -0.4 is 0 Å². The normalized spacial score (nSPS) is 54.3. The summed E-state index contributed by atoms with van der Waals surface area (Å²) in [4.78, 5) is 0. The van der Waals surface area contributed by atoms with Crippen molar-refractivity contribution < 1.29 is 18.9 Å². The lowest BCUT2D eigenvalue weighted by Gasteiger charge is -2.53. The van der Waals surface area contributed by atoms with Gasteiger partial charge in [-0.05, 0) is 110 Å². The lowest BCUT2D eigenvalue weighted by molar-refractivity contribution is -0.168. The van der Waals surface area contributed by atoms with Gasteiger partial charge >= 0.3 is 0 Å². The molecule has 0 aromatic rings. The highest BCUT2D eigenvalue weighted by molar-refractivity contribution is 4.98. The topological polar surface area (TPSA) is 36.9 Å². The van der Waals surface area contributed by atoms with E-state index in [9.17, 15) is 0 Å². The van der Waals surface area contributed by atoms with Crippen LogP contribution in [0.15, 0.2) is 0 Å². The van der Waals surface area contributed by atoms with Crippen molar-refractivity contribution in [3.05, 3.63) is 0 Å². The van der Waals surface area contributed by atoms with E-state index in [-0.39, 0.29) is 0 Å². The highest BCUT2D eigenvalue weighted by atomic mass is 16.5. The fourth-order valence-electron chi connectivity index (χ4n) is 10.7. The van der Waals surface area contributed by atoms with Gasteiger partial charge in [0.15, 0.2) is 0 Å². The molecule has 0 aromatic carbocycles. The third kappa shape index (κ3) is 6.66. The molecule has 234 valence electrons. The molecule has 0 N–H and O–H groups in total. The average Bonchev–Trinajstić information content (AvgIpc) is 2.88. The van der Waals surface area contributed by atoms with Gasteiger partial charge in [0.25, 0.3) is 0 Å². The minimum absolute atomic E-state index is 0.376. The van der Waals surface area contributed by atoms with Crippen molar-refractivity contribution in [2.24, 2.45) is 71.0 Å². The zero-order valence-corrected chi connectivity index (χ0v) is 28.3. The second-order valence-corrected chi connectivity index (χ2v) is 15.9. The van der Waals surface area contributed by atoms with Crippen molar-refractivity contribution in [1.29, 1.82) is 0 Å². The van der Waals surface area contributed by atoms with Gasteiger partial charge in [0.2, 0.25) is 0 Å². The molecule has 0 saturated heterocycles. The second-order valence-electron chi connectivity index (χ2n) is 15.9. The fraction of sp³-hybridized carbons (Fsp3) is 1.00. The molecular formula is C36H66O4. The molecule has 14 unspecified atom stereocenters. The van der Waals surface area contributed by atoms with Crippen molar-refractivity contribution in [1.82, 2.24) is 0 Å². The Morgan fingerprint density at radius 3 is 0.900 bits per heavy atom. The van der Waals surface area contributed by atoms with Gasteiger partial charge in [-0.25, -0.2) is 0 Å². The molecule has 4 heteroatoms. The maximum absolute atomic E-state index is 7.02. The Morgan fingerprint density at radius 1 is 0.350 bits per heavy atom. The molecular weight excluding hydrogens is 496 g/mol. The first kappa shape index (κ1) is 32.7. The molecule has 4 aliphatic carbocycles. The van der Waals surface area contributed by atoms with E-state index in [0.717, 1.165) is 37.5 Å². The van der Waals surface area contributed by atoms with Crippen LogP contribution in [0.3, 0.4) is 0 Å². The molecule has 0 bridgehead atoms. The molecule has 0 radical (unpaired) electrons. The Balaban J connectivity index is 1.37. The highest BCUT2D eigenvalue weighted by Gasteiger charge is 2.49. The Hall–Kier alpha value is -0.160. The smallest absolute Gasteiger partial charge is 0.0632 e. The molecule has 0 heterocycles. The van der Waals surface area contributed by atoms with Crippen molar-refractivity contribution in [3.8, 4) is 0 Å². The molecule has 0 aromatic heterocycles. The van der Waals surface area contributed by atoms with Crippen LogP contribution in [0.4, 0.5) is 0 Å². The van der Waals surface area contributed by atoms with Crippen LogP contribution in [0.1, 0.15) is 108 Å². The van der Waals surface area contributed by atoms with Crippen molar-refractivity contribution in [3.63, 3.8) is 0 Å². The fourth-order valence-corrected chi connectivity index (χ4v) is 10.7. The van der Waals surface area contributed by atoms with Crippen molar-refractivity contribution in [2.45, 2.75) is 144 Å². The van der Waals surface area contributed by atoms with E-state index in [1.54, 1.807) is 0 Å². The average molecular weight is 563 g/mol. The van der Waals surface area contributed by atoms with Gasteiger partial charge in [-0.1, -0.05) is 69.2 Å². The molecule has 14 atom stereocenters. The monoisotopic (exact) mass is 562 g/mol. The number of rotatable bonds is 7. The van der Waals surface area contributed by atoms with E-state index in [1.165, 1.54) is 12.8 Å². The van der Waals surface area contributed by atoms with Crippen LogP contribution in [0, 0.1) is 71.0 Å². The summed E-state index contributed by atoms with van der Waals surface area (Å²) in [6, 6.07) is 0. The molecule has 4 saturated carbocycles. The predicted molar refractivity (Wildman–Crippen MR) is 165 cm³/mol. The van der Waals surface area contributed by atoms with Crippen LogP contribution >= 0.6 is 0 Å². The van der Waals surface area contributed by atoms with Crippen molar-refractivity contribution in [2.75, 3.05) is 14.2 Å². The number of hydrogen-bond donors (Lipinski definition) is 0. The Morgan fingerprint density at radius 2 is 0.625 bits per heavy atom. The van der Waals surface area contributed by atoms with Crippen molar-refractivity contribution >= 4 is 0 Å². The summed E-state index contributed by atoms with van der Waals surface area (Å²) in [5.74, 6) is 7.68. The molecule has 4 fully saturated rings. The first-order valence-corrected chi connectivity index (χ1v) is 17.2. The minimum Gasteiger partial charge on any atom is -0.381 e. The Bertz CT molecular complexity index is 699. The number of hydrogen-bond acceptors (Lipinski definition) is 4. The summed E-state index contributed by atoms with van der Waals surface area (Å²) < 4.78 is 25.7. The van der Waals surface area contributed by atoms with Crippen LogP contribution in [0.5, 0.6) is 0 Å². The van der Waals surface area contributed by atoms with Crippen LogP contribution in [0.2, 0.25) is 0 Å². The summed E-state index contributed by atoms with van der Waals surface area (Å²) in [5, 5.41) is 0. The first-order valence-electron chi connectivity index (χ1n) is 17.2. The molecule has 0 spiro atoms. The van der Waals surface area contributed by atoms with E-state index >= 15 is 0 Å². The number of ether oxygens (including phenoxy) is 4. The molecule has 4 nitrogen and oxygen atoms in total. The van der Waals surface area contributed by atoms with Gasteiger partial charge < -0.3 is 18.9 Å². The van der Waals surface area contributed by atoms with Gasteiger partial charge in [0, 0.05) is 14.2 Å². The van der Waals surface area contributed by atoms with E-state index in [2.05, 4.69) is 69.2 Å². The van der Waals surface area contributed by atoms with Crippen LogP contribution in [-0.2, 0) is 18.9 Å². The summed E-state index contributed by atoms with van der Waals surface area (Å²) in [6.45, 7) is 24.5. The zero-order chi connectivity index (χ0) is 29.5. The zero-order valence-electron chi connectivity index (χ0n) is 28.3. The van der Waals surface area contributed by atoms with Crippen LogP contribution in [0.25, 0.3) is 0 Å². The molecule has 0 amide bonds. The lowest BCUT2D eigenvalue weighted by Crippen LogP contribution is -2.52. The van der Waals surface area contributed by atoms with E-state index in [4.69, 9.17) is 18.9 Å². The molecule has 0 aliphatic heterocycles. The van der Waals surface area contributed by atoms with E-state index in [1.807, 2.05) is 14.2 Å². The van der Waals surface area contributed by atoms with E-state index in [0.29, 0.717) is 95.8 Å². The quantitative estimate of drug-likeness (QED) is 0.312. The standard InChI is InChI=1S/C36H66O4/c1-19-13-29(14-20(2)33(19)37-11)39-35-23(5)17-31(25(7)27(35)9)32-18-24(6)36(28(10)26(32)8)40-30-15-21(3)34(38-12)22(4)16-30/h19-36H,13-18H2,1-12H3. The second kappa shape index (κ2) is 13.6. The van der Waals surface area contributed by atoms with Gasteiger partial charge in [-0.3, -0.25) is 0 Å². The van der Waals surface area contributed by atoms with Gasteiger partial charge in [0.1, 0.15) is 0 Å². The Labute approximate surface area is 248 Å². The summed E-state index contributed by atoms with van der Waals surface area (Å²) in [6.07, 6.45) is 9.44. The molecule has 40 heavy (non-hydrogen) atoms. The lowest BCUT2D eigenvalue weighted by atomic mass is 9.56. The third-order valence-electron chi connectivity index (χ3n) is 13.0. The molecule has 4 aliphatic rings. The predicted octanol–water partition coefficient (Wildman–Crippen LogP) is 8.51. The summed E-state index contributed by atoms with van der Waals surface area (Å²) in [5.41, 5.74) is 0. The maximum Gasteiger partial charge on any atom is 0.0632 e. The minimum atomic E-state index is 0.376. The first-order chi connectivity index (χ1) is 18.9. The summed E-state index contributed by atoms with van der Waals surface area (Å²) in [7, 11) is 3.75. The SMILES string of the molecule is COC1C(C)CC(OC2C(C)CC(C3CC(C)C(OC4CC(C)C(OC)C(C)C4)C(C)C3C)C(C)C2C)CC1C. The summed E-state index contributed by atoms with van der Waals surface area (Å²) >= 11 is 0. The van der Waals surface area contributed by atoms with Crippen LogP contribution in [-0.4, -0.2) is 50.8 Å². The molecule has 4 rings (SSSR count).